The van der Waals surface area contributed by atoms with E-state index in [1.807, 2.05) is 6.07 Å². The van der Waals surface area contributed by atoms with Crippen LogP contribution >= 0.6 is 0 Å². The van der Waals surface area contributed by atoms with E-state index in [-0.39, 0.29) is 5.82 Å². The fourth-order valence-electron chi connectivity index (χ4n) is 3.39. The zero-order valence-electron chi connectivity index (χ0n) is 12.9. The van der Waals surface area contributed by atoms with Crippen LogP contribution in [-0.2, 0) is 0 Å². The molecule has 0 spiro atoms. The first-order valence-corrected chi connectivity index (χ1v) is 7.94. The summed E-state index contributed by atoms with van der Waals surface area (Å²) in [5.41, 5.74) is 0.869. The van der Waals surface area contributed by atoms with Crippen LogP contribution in [0, 0.1) is 17.7 Å². The third-order valence-electron chi connectivity index (χ3n) is 4.67. The average molecular weight is 278 g/mol. The highest BCUT2D eigenvalue weighted by molar-refractivity contribution is 5.20. The second kappa shape index (κ2) is 7.16. The third-order valence-corrected chi connectivity index (χ3v) is 4.67. The van der Waals surface area contributed by atoms with Gasteiger partial charge >= 0.3 is 0 Å². The molecular formula is C17H27FN2. The van der Waals surface area contributed by atoms with Crippen LogP contribution in [0.3, 0.4) is 0 Å². The lowest BCUT2D eigenvalue weighted by molar-refractivity contribution is 0.219. The van der Waals surface area contributed by atoms with Crippen LogP contribution < -0.4 is 5.32 Å². The predicted molar refractivity (Wildman–Crippen MR) is 81.2 cm³/mol. The molecule has 1 fully saturated rings. The molecule has 0 bridgehead atoms. The number of aromatic nitrogens is 1. The van der Waals surface area contributed by atoms with E-state index in [9.17, 15) is 4.39 Å². The van der Waals surface area contributed by atoms with Crippen LogP contribution in [0.2, 0.25) is 0 Å². The SMILES string of the molecule is CCC1CCC(CNC(C)C)C(c2ccncc2F)C1. The Hall–Kier alpha value is -0.960. The summed E-state index contributed by atoms with van der Waals surface area (Å²) >= 11 is 0. The van der Waals surface area contributed by atoms with Crippen molar-refractivity contribution < 1.29 is 4.39 Å². The minimum Gasteiger partial charge on any atom is -0.314 e. The van der Waals surface area contributed by atoms with Gasteiger partial charge in [-0.05, 0) is 48.8 Å². The second-order valence-electron chi connectivity index (χ2n) is 6.41. The summed E-state index contributed by atoms with van der Waals surface area (Å²) in [6.45, 7) is 7.57. The van der Waals surface area contributed by atoms with Gasteiger partial charge in [0.15, 0.2) is 0 Å². The molecule has 1 aliphatic carbocycles. The zero-order valence-corrected chi connectivity index (χ0v) is 12.9. The van der Waals surface area contributed by atoms with Crippen molar-refractivity contribution in [1.29, 1.82) is 0 Å². The van der Waals surface area contributed by atoms with Gasteiger partial charge in [-0.25, -0.2) is 4.39 Å². The number of nitrogens with zero attached hydrogens (tertiary/aromatic N) is 1. The molecule has 20 heavy (non-hydrogen) atoms. The van der Waals surface area contributed by atoms with Crippen molar-refractivity contribution in [3.8, 4) is 0 Å². The summed E-state index contributed by atoms with van der Waals surface area (Å²) in [6.07, 6.45) is 7.88. The number of pyridine rings is 1. The Kier molecular flexibility index (Phi) is 5.53. The summed E-state index contributed by atoms with van der Waals surface area (Å²) in [5, 5.41) is 3.53. The molecule has 1 aromatic heterocycles. The molecule has 0 aliphatic heterocycles. The summed E-state index contributed by atoms with van der Waals surface area (Å²) in [6, 6.07) is 2.36. The minimum absolute atomic E-state index is 0.135. The maximum atomic E-state index is 14.1. The van der Waals surface area contributed by atoms with E-state index in [4.69, 9.17) is 0 Å². The molecule has 112 valence electrons. The molecule has 0 amide bonds. The van der Waals surface area contributed by atoms with E-state index in [1.54, 1.807) is 6.20 Å². The van der Waals surface area contributed by atoms with Gasteiger partial charge in [-0.15, -0.1) is 0 Å². The molecule has 0 aromatic carbocycles. The second-order valence-corrected chi connectivity index (χ2v) is 6.41. The van der Waals surface area contributed by atoms with Gasteiger partial charge in [0.2, 0.25) is 0 Å². The predicted octanol–water partition coefficient (Wildman–Crippen LogP) is 4.13. The van der Waals surface area contributed by atoms with Gasteiger partial charge in [-0.1, -0.05) is 33.6 Å². The molecule has 0 saturated heterocycles. The largest absolute Gasteiger partial charge is 0.314 e. The molecule has 1 N–H and O–H groups in total. The first-order chi connectivity index (χ1) is 9.61. The lowest BCUT2D eigenvalue weighted by Gasteiger charge is -2.37. The van der Waals surface area contributed by atoms with E-state index in [0.717, 1.165) is 24.4 Å². The number of nitrogens with one attached hydrogen (secondary N) is 1. The average Bonchev–Trinajstić information content (AvgIpc) is 2.45. The van der Waals surface area contributed by atoms with Gasteiger partial charge in [0.25, 0.3) is 0 Å². The topological polar surface area (TPSA) is 24.9 Å². The van der Waals surface area contributed by atoms with Crippen molar-refractivity contribution >= 4 is 0 Å². The van der Waals surface area contributed by atoms with Crippen molar-refractivity contribution in [2.45, 2.75) is 58.4 Å². The molecule has 1 saturated carbocycles. The summed E-state index contributed by atoms with van der Waals surface area (Å²) in [7, 11) is 0. The van der Waals surface area contributed by atoms with Crippen LogP contribution in [0.15, 0.2) is 18.5 Å². The van der Waals surface area contributed by atoms with E-state index in [1.165, 1.54) is 25.5 Å². The van der Waals surface area contributed by atoms with E-state index >= 15 is 0 Å². The lowest BCUT2D eigenvalue weighted by Crippen LogP contribution is -2.35. The van der Waals surface area contributed by atoms with Crippen molar-refractivity contribution in [1.82, 2.24) is 10.3 Å². The van der Waals surface area contributed by atoms with Gasteiger partial charge in [-0.3, -0.25) is 4.98 Å². The number of hydrogen-bond acceptors (Lipinski definition) is 2. The Morgan fingerprint density at radius 2 is 2.20 bits per heavy atom. The van der Waals surface area contributed by atoms with E-state index in [0.29, 0.717) is 17.9 Å². The molecule has 2 rings (SSSR count). The molecule has 1 aliphatic rings. The van der Waals surface area contributed by atoms with Crippen LogP contribution in [0.1, 0.15) is 57.9 Å². The maximum absolute atomic E-state index is 14.1. The Labute approximate surface area is 122 Å². The molecule has 3 unspecified atom stereocenters. The van der Waals surface area contributed by atoms with Gasteiger partial charge < -0.3 is 5.32 Å². The monoisotopic (exact) mass is 278 g/mol. The highest BCUT2D eigenvalue weighted by Crippen LogP contribution is 2.42. The van der Waals surface area contributed by atoms with Crippen LogP contribution in [0.25, 0.3) is 0 Å². The van der Waals surface area contributed by atoms with Crippen molar-refractivity contribution in [2.75, 3.05) is 6.54 Å². The van der Waals surface area contributed by atoms with Crippen molar-refractivity contribution in [3.63, 3.8) is 0 Å². The normalized spacial score (nSPS) is 26.9. The molecule has 1 heterocycles. The summed E-state index contributed by atoms with van der Waals surface area (Å²) in [4.78, 5) is 3.89. The van der Waals surface area contributed by atoms with Crippen molar-refractivity contribution in [3.05, 3.63) is 29.8 Å². The van der Waals surface area contributed by atoms with E-state index in [2.05, 4.69) is 31.1 Å². The number of halogens is 1. The fraction of sp³-hybridized carbons (Fsp3) is 0.706. The van der Waals surface area contributed by atoms with Crippen LogP contribution in [0.4, 0.5) is 4.39 Å². The first-order valence-electron chi connectivity index (χ1n) is 7.94. The van der Waals surface area contributed by atoms with Gasteiger partial charge in [0, 0.05) is 12.2 Å². The third kappa shape index (κ3) is 3.78. The molecular weight excluding hydrogens is 251 g/mol. The van der Waals surface area contributed by atoms with E-state index < -0.39 is 0 Å². The summed E-state index contributed by atoms with van der Waals surface area (Å²) < 4.78 is 14.1. The zero-order chi connectivity index (χ0) is 14.5. The standard InChI is InChI=1S/C17H27FN2/c1-4-13-5-6-14(10-20-12(2)3)16(9-13)15-7-8-19-11-17(15)18/h7-8,11-14,16,20H,4-6,9-10H2,1-3H3. The maximum Gasteiger partial charge on any atom is 0.144 e. The minimum atomic E-state index is -0.135. The van der Waals surface area contributed by atoms with Gasteiger partial charge in [0.1, 0.15) is 5.82 Å². The Bertz CT molecular complexity index is 419. The Morgan fingerprint density at radius 3 is 2.85 bits per heavy atom. The molecule has 0 radical (unpaired) electrons. The van der Waals surface area contributed by atoms with Crippen LogP contribution in [0.5, 0.6) is 0 Å². The highest BCUT2D eigenvalue weighted by Gasteiger charge is 2.32. The number of hydrogen-bond donors (Lipinski definition) is 1. The lowest BCUT2D eigenvalue weighted by atomic mass is 9.70. The highest BCUT2D eigenvalue weighted by atomic mass is 19.1. The smallest absolute Gasteiger partial charge is 0.144 e. The first kappa shape index (κ1) is 15.4. The molecule has 2 nitrogen and oxygen atoms in total. The van der Waals surface area contributed by atoms with Gasteiger partial charge in [-0.2, -0.15) is 0 Å². The fourth-order valence-corrected chi connectivity index (χ4v) is 3.39. The quantitative estimate of drug-likeness (QED) is 0.876. The number of rotatable bonds is 5. The molecule has 3 atom stereocenters. The molecule has 3 heteroatoms. The van der Waals surface area contributed by atoms with Gasteiger partial charge in [0.05, 0.1) is 6.20 Å². The summed E-state index contributed by atoms with van der Waals surface area (Å²) in [5.74, 6) is 1.48. The van der Waals surface area contributed by atoms with Crippen molar-refractivity contribution in [2.24, 2.45) is 11.8 Å². The molecule has 1 aromatic rings. The Balaban J connectivity index is 2.15. The Morgan fingerprint density at radius 1 is 1.40 bits per heavy atom. The van der Waals surface area contributed by atoms with Crippen LogP contribution in [-0.4, -0.2) is 17.6 Å².